The summed E-state index contributed by atoms with van der Waals surface area (Å²) in [6.45, 7) is 2.73. The van der Waals surface area contributed by atoms with Crippen LogP contribution in [-0.4, -0.2) is 24.0 Å². The Bertz CT molecular complexity index is 591. The van der Waals surface area contributed by atoms with Crippen molar-refractivity contribution in [3.63, 3.8) is 0 Å². The minimum absolute atomic E-state index is 0.0629. The van der Waals surface area contributed by atoms with Crippen LogP contribution in [0.1, 0.15) is 24.0 Å². The standard InChI is InChI=1S/C16H19N3OS/c20-16(10-14-4-8-21-12-14)18-11-13-3-5-17-15(9-13)19-6-1-2-7-19/h3-5,8-9,12H,1-2,6-7,10-11H2,(H,18,20). The van der Waals surface area contributed by atoms with Gasteiger partial charge in [0.1, 0.15) is 5.82 Å². The van der Waals surface area contributed by atoms with Crippen molar-refractivity contribution in [2.24, 2.45) is 0 Å². The van der Waals surface area contributed by atoms with Gasteiger partial charge in [0, 0.05) is 25.8 Å². The van der Waals surface area contributed by atoms with Gasteiger partial charge in [-0.05, 0) is 52.9 Å². The van der Waals surface area contributed by atoms with Crippen molar-refractivity contribution in [2.75, 3.05) is 18.0 Å². The average Bonchev–Trinajstić information content (AvgIpc) is 3.19. The Morgan fingerprint density at radius 2 is 2.14 bits per heavy atom. The van der Waals surface area contributed by atoms with E-state index in [1.807, 2.05) is 29.1 Å². The van der Waals surface area contributed by atoms with Gasteiger partial charge in [-0.2, -0.15) is 11.3 Å². The molecule has 1 N–H and O–H groups in total. The summed E-state index contributed by atoms with van der Waals surface area (Å²) in [5, 5.41) is 6.98. The molecule has 110 valence electrons. The number of rotatable bonds is 5. The summed E-state index contributed by atoms with van der Waals surface area (Å²) in [6.07, 6.45) is 4.76. The number of nitrogens with one attached hydrogen (secondary N) is 1. The lowest BCUT2D eigenvalue weighted by molar-refractivity contribution is -0.120. The van der Waals surface area contributed by atoms with E-state index in [0.717, 1.165) is 30.0 Å². The zero-order valence-electron chi connectivity index (χ0n) is 11.9. The van der Waals surface area contributed by atoms with Crippen LogP contribution >= 0.6 is 11.3 Å². The molecule has 4 nitrogen and oxygen atoms in total. The summed E-state index contributed by atoms with van der Waals surface area (Å²) in [7, 11) is 0. The van der Waals surface area contributed by atoms with Crippen molar-refractivity contribution < 1.29 is 4.79 Å². The maximum atomic E-state index is 11.9. The molecule has 0 spiro atoms. The second-order valence-corrected chi connectivity index (χ2v) is 6.08. The minimum Gasteiger partial charge on any atom is -0.357 e. The Hall–Kier alpha value is -1.88. The predicted molar refractivity (Wildman–Crippen MR) is 85.6 cm³/mol. The normalized spacial score (nSPS) is 14.4. The van der Waals surface area contributed by atoms with Gasteiger partial charge in [0.25, 0.3) is 0 Å². The molecule has 2 aromatic rings. The largest absolute Gasteiger partial charge is 0.357 e. The monoisotopic (exact) mass is 301 g/mol. The van der Waals surface area contributed by atoms with Gasteiger partial charge in [-0.3, -0.25) is 4.79 Å². The van der Waals surface area contributed by atoms with Crippen LogP contribution in [-0.2, 0) is 17.8 Å². The summed E-state index contributed by atoms with van der Waals surface area (Å²) in [5.74, 6) is 1.09. The third-order valence-corrected chi connectivity index (χ3v) is 4.41. The van der Waals surface area contributed by atoms with E-state index in [1.165, 1.54) is 12.8 Å². The molecule has 0 unspecified atom stereocenters. The molecule has 0 bridgehead atoms. The molecule has 0 atom stereocenters. The first kappa shape index (κ1) is 14.1. The SMILES string of the molecule is O=C(Cc1ccsc1)NCc1ccnc(N2CCCC2)c1. The molecular formula is C16H19N3OS. The van der Waals surface area contributed by atoms with Crippen molar-refractivity contribution in [2.45, 2.75) is 25.8 Å². The topological polar surface area (TPSA) is 45.2 Å². The Kier molecular flexibility index (Phi) is 4.50. The van der Waals surface area contributed by atoms with Gasteiger partial charge in [-0.1, -0.05) is 0 Å². The Morgan fingerprint density at radius 3 is 2.90 bits per heavy atom. The van der Waals surface area contributed by atoms with Crippen LogP contribution in [0.4, 0.5) is 5.82 Å². The molecule has 21 heavy (non-hydrogen) atoms. The van der Waals surface area contributed by atoms with Crippen LogP contribution in [0.25, 0.3) is 0 Å². The highest BCUT2D eigenvalue weighted by atomic mass is 32.1. The van der Waals surface area contributed by atoms with Crippen LogP contribution in [0.3, 0.4) is 0 Å². The number of hydrogen-bond acceptors (Lipinski definition) is 4. The molecular weight excluding hydrogens is 282 g/mol. The summed E-state index contributed by atoms with van der Waals surface area (Å²) in [6, 6.07) is 6.03. The predicted octanol–water partition coefficient (Wildman–Crippen LogP) is 2.60. The maximum absolute atomic E-state index is 11.9. The smallest absolute Gasteiger partial charge is 0.224 e. The van der Waals surface area contributed by atoms with Gasteiger partial charge in [-0.15, -0.1) is 0 Å². The van der Waals surface area contributed by atoms with E-state index in [0.29, 0.717) is 13.0 Å². The number of amides is 1. The van der Waals surface area contributed by atoms with Crippen LogP contribution in [0.2, 0.25) is 0 Å². The molecule has 3 rings (SSSR count). The van der Waals surface area contributed by atoms with Crippen LogP contribution in [0, 0.1) is 0 Å². The number of thiophene rings is 1. The molecule has 2 aromatic heterocycles. The van der Waals surface area contributed by atoms with E-state index in [4.69, 9.17) is 0 Å². The molecule has 1 fully saturated rings. The fraction of sp³-hybridized carbons (Fsp3) is 0.375. The molecule has 1 saturated heterocycles. The van der Waals surface area contributed by atoms with E-state index >= 15 is 0 Å². The van der Waals surface area contributed by atoms with E-state index in [1.54, 1.807) is 11.3 Å². The van der Waals surface area contributed by atoms with Gasteiger partial charge in [-0.25, -0.2) is 4.98 Å². The van der Waals surface area contributed by atoms with Crippen molar-refractivity contribution >= 4 is 23.1 Å². The molecule has 0 radical (unpaired) electrons. The number of hydrogen-bond donors (Lipinski definition) is 1. The summed E-state index contributed by atoms with van der Waals surface area (Å²) in [4.78, 5) is 18.6. The quantitative estimate of drug-likeness (QED) is 0.923. The van der Waals surface area contributed by atoms with Crippen molar-refractivity contribution in [1.29, 1.82) is 0 Å². The first-order chi connectivity index (χ1) is 10.3. The van der Waals surface area contributed by atoms with E-state index < -0.39 is 0 Å². The summed E-state index contributed by atoms with van der Waals surface area (Å²) >= 11 is 1.62. The first-order valence-corrected chi connectivity index (χ1v) is 8.23. The third kappa shape index (κ3) is 3.82. The van der Waals surface area contributed by atoms with E-state index in [-0.39, 0.29) is 5.91 Å². The summed E-state index contributed by atoms with van der Waals surface area (Å²) in [5.41, 5.74) is 2.18. The second-order valence-electron chi connectivity index (χ2n) is 5.30. The highest BCUT2D eigenvalue weighted by molar-refractivity contribution is 7.07. The van der Waals surface area contributed by atoms with E-state index in [9.17, 15) is 4.79 Å². The van der Waals surface area contributed by atoms with E-state index in [2.05, 4.69) is 21.3 Å². The summed E-state index contributed by atoms with van der Waals surface area (Å²) < 4.78 is 0. The number of nitrogens with zero attached hydrogens (tertiary/aromatic N) is 2. The maximum Gasteiger partial charge on any atom is 0.224 e. The highest BCUT2D eigenvalue weighted by Crippen LogP contribution is 2.18. The molecule has 5 heteroatoms. The van der Waals surface area contributed by atoms with Crippen molar-refractivity contribution in [1.82, 2.24) is 10.3 Å². The van der Waals surface area contributed by atoms with Crippen LogP contribution in [0.5, 0.6) is 0 Å². The number of carbonyl (C=O) groups excluding carboxylic acids is 1. The second kappa shape index (κ2) is 6.72. The molecule has 0 saturated carbocycles. The Morgan fingerprint density at radius 1 is 1.29 bits per heavy atom. The molecule has 0 aromatic carbocycles. The fourth-order valence-electron chi connectivity index (χ4n) is 2.53. The van der Waals surface area contributed by atoms with Crippen LogP contribution < -0.4 is 10.2 Å². The zero-order chi connectivity index (χ0) is 14.5. The Labute approximate surface area is 128 Å². The molecule has 1 aliphatic rings. The lowest BCUT2D eigenvalue weighted by Crippen LogP contribution is -2.25. The van der Waals surface area contributed by atoms with Crippen molar-refractivity contribution in [3.8, 4) is 0 Å². The molecule has 1 aliphatic heterocycles. The lowest BCUT2D eigenvalue weighted by Gasteiger charge is -2.17. The number of aromatic nitrogens is 1. The van der Waals surface area contributed by atoms with Crippen molar-refractivity contribution in [3.05, 3.63) is 46.3 Å². The van der Waals surface area contributed by atoms with Gasteiger partial charge < -0.3 is 10.2 Å². The fourth-order valence-corrected chi connectivity index (χ4v) is 3.20. The average molecular weight is 301 g/mol. The van der Waals surface area contributed by atoms with Gasteiger partial charge in [0.05, 0.1) is 6.42 Å². The van der Waals surface area contributed by atoms with Gasteiger partial charge in [0.2, 0.25) is 5.91 Å². The number of carbonyl (C=O) groups is 1. The Balaban J connectivity index is 1.55. The third-order valence-electron chi connectivity index (χ3n) is 3.67. The number of pyridine rings is 1. The minimum atomic E-state index is 0.0629. The molecule has 0 aliphatic carbocycles. The lowest BCUT2D eigenvalue weighted by atomic mass is 10.2. The highest BCUT2D eigenvalue weighted by Gasteiger charge is 2.13. The molecule has 1 amide bonds. The van der Waals surface area contributed by atoms with Gasteiger partial charge >= 0.3 is 0 Å². The zero-order valence-corrected chi connectivity index (χ0v) is 12.7. The number of anilines is 1. The molecule has 3 heterocycles. The first-order valence-electron chi connectivity index (χ1n) is 7.29. The van der Waals surface area contributed by atoms with Crippen LogP contribution in [0.15, 0.2) is 35.2 Å². The van der Waals surface area contributed by atoms with Gasteiger partial charge in [0.15, 0.2) is 0 Å².